The van der Waals surface area contributed by atoms with Crippen LogP contribution < -0.4 is 10.1 Å². The van der Waals surface area contributed by atoms with Crippen molar-refractivity contribution in [3.05, 3.63) is 23.8 Å². The van der Waals surface area contributed by atoms with Gasteiger partial charge in [0.1, 0.15) is 16.7 Å². The molecule has 3 saturated heterocycles. The average Bonchev–Trinajstić information content (AvgIpc) is 3.02. The van der Waals surface area contributed by atoms with Gasteiger partial charge in [-0.15, -0.1) is 0 Å². The molecule has 6 rings (SSSR count). The first-order chi connectivity index (χ1) is 13.5. The van der Waals surface area contributed by atoms with Crippen LogP contribution in [0.2, 0.25) is 0 Å². The number of methoxy groups -OCH3 is 2. The molecule has 4 bridgehead atoms. The van der Waals surface area contributed by atoms with Crippen LogP contribution in [0.4, 0.5) is 5.69 Å². The van der Waals surface area contributed by atoms with Gasteiger partial charge in [-0.2, -0.15) is 0 Å². The van der Waals surface area contributed by atoms with Crippen molar-refractivity contribution in [3.8, 4) is 5.75 Å². The summed E-state index contributed by atoms with van der Waals surface area (Å²) in [5, 5.41) is 3.56. The number of nitrogens with one attached hydrogen (secondary N) is 1. The van der Waals surface area contributed by atoms with E-state index in [-0.39, 0.29) is 17.8 Å². The number of Topliss-reactive ketones (excluding diaryl/α,β-unsaturated/α-hetero) is 1. The third-order valence-electron chi connectivity index (χ3n) is 7.90. The zero-order valence-electron chi connectivity index (χ0n) is 16.8. The summed E-state index contributed by atoms with van der Waals surface area (Å²) >= 11 is 0. The molecule has 4 heterocycles. The molecule has 28 heavy (non-hydrogen) atoms. The van der Waals surface area contributed by atoms with E-state index >= 15 is 0 Å². The van der Waals surface area contributed by atoms with Gasteiger partial charge in [-0.3, -0.25) is 14.5 Å². The highest BCUT2D eigenvalue weighted by molar-refractivity contribution is 6.16. The molecule has 6 nitrogen and oxygen atoms in total. The summed E-state index contributed by atoms with van der Waals surface area (Å²) in [5.74, 6) is 1.29. The van der Waals surface area contributed by atoms with Crippen molar-refractivity contribution >= 4 is 17.4 Å². The maximum absolute atomic E-state index is 13.9. The highest BCUT2D eigenvalue weighted by atomic mass is 16.5. The number of ether oxygens (including phenoxy) is 2. The molecule has 0 aromatic heterocycles. The van der Waals surface area contributed by atoms with E-state index in [2.05, 4.69) is 17.1 Å². The van der Waals surface area contributed by atoms with Gasteiger partial charge in [0.2, 0.25) is 0 Å². The maximum atomic E-state index is 13.9. The average molecular weight is 384 g/mol. The van der Waals surface area contributed by atoms with Crippen molar-refractivity contribution < 1.29 is 19.1 Å². The van der Waals surface area contributed by atoms with Gasteiger partial charge in [0.15, 0.2) is 5.78 Å². The third-order valence-corrected chi connectivity index (χ3v) is 7.90. The molecule has 0 radical (unpaired) electrons. The highest BCUT2D eigenvalue weighted by Crippen LogP contribution is 2.62. The van der Waals surface area contributed by atoms with E-state index in [0.29, 0.717) is 29.6 Å². The highest BCUT2D eigenvalue weighted by Gasteiger charge is 2.74. The first-order valence-corrected chi connectivity index (χ1v) is 10.3. The molecule has 1 unspecified atom stereocenters. The standard InChI is InChI=1S/C22H28N2O4/c1-4-14-9-13-11-21(20(26)28-3)18(14)24(12-13)8-7-22(21)19(25)16-10-15(27-2)5-6-17(16)23-22/h5-6,10,13-14,18,23H,4,7-9,11-12H2,1-3H3/t13-,14+,18+,21-,22-/m1/s1. The lowest BCUT2D eigenvalue weighted by Gasteiger charge is -2.66. The molecule has 1 aliphatic carbocycles. The number of piperidine rings is 3. The molecule has 150 valence electrons. The minimum atomic E-state index is -0.928. The Balaban J connectivity index is 1.69. The van der Waals surface area contributed by atoms with Gasteiger partial charge in [0.05, 0.1) is 14.2 Å². The van der Waals surface area contributed by atoms with Crippen LogP contribution >= 0.6 is 0 Å². The van der Waals surface area contributed by atoms with Crippen LogP contribution in [0.15, 0.2) is 18.2 Å². The zero-order valence-corrected chi connectivity index (χ0v) is 16.8. The molecular weight excluding hydrogens is 356 g/mol. The normalized spacial score (nSPS) is 40.2. The van der Waals surface area contributed by atoms with E-state index in [1.807, 2.05) is 12.1 Å². The third kappa shape index (κ3) is 1.97. The van der Waals surface area contributed by atoms with E-state index in [1.54, 1.807) is 13.2 Å². The molecule has 4 fully saturated rings. The number of fused-ring (bicyclic) bond motifs is 2. The first kappa shape index (κ1) is 18.0. The SMILES string of the molecule is CC[C@H]1C[C@H]2CN3CC[C@]4(Nc5ccc(OC)cc5C4=O)[C@](C(=O)OC)(C2)[C@H]13. The quantitative estimate of drug-likeness (QED) is 0.809. The molecule has 1 spiro atoms. The van der Waals surface area contributed by atoms with Gasteiger partial charge in [-0.1, -0.05) is 13.3 Å². The molecule has 0 amide bonds. The van der Waals surface area contributed by atoms with E-state index < -0.39 is 11.0 Å². The number of ketones is 1. The fourth-order valence-corrected chi connectivity index (χ4v) is 6.91. The number of hydrogen-bond acceptors (Lipinski definition) is 6. The summed E-state index contributed by atoms with van der Waals surface area (Å²) in [4.78, 5) is 29.8. The fourth-order valence-electron chi connectivity index (χ4n) is 6.91. The molecule has 4 aliphatic heterocycles. The van der Waals surface area contributed by atoms with Crippen molar-refractivity contribution in [3.63, 3.8) is 0 Å². The lowest BCUT2D eigenvalue weighted by Crippen LogP contribution is -2.79. The van der Waals surface area contributed by atoms with Crippen LogP contribution in [-0.4, -0.2) is 55.5 Å². The molecule has 1 N–H and O–H groups in total. The lowest BCUT2D eigenvalue weighted by molar-refractivity contribution is -0.193. The van der Waals surface area contributed by atoms with Gasteiger partial charge in [-0.25, -0.2) is 0 Å². The smallest absolute Gasteiger partial charge is 0.316 e. The second kappa shape index (κ2) is 5.96. The Hall–Kier alpha value is -2.08. The number of carbonyl (C=O) groups excluding carboxylic acids is 2. The Morgan fingerprint density at radius 2 is 2.18 bits per heavy atom. The second-order valence-electron chi connectivity index (χ2n) is 8.90. The second-order valence-corrected chi connectivity index (χ2v) is 8.90. The van der Waals surface area contributed by atoms with E-state index in [1.165, 1.54) is 7.11 Å². The minimum absolute atomic E-state index is 0.0221. The number of hydrogen-bond donors (Lipinski definition) is 1. The monoisotopic (exact) mass is 384 g/mol. The Kier molecular flexibility index (Phi) is 3.83. The lowest BCUT2D eigenvalue weighted by atomic mass is 9.47. The summed E-state index contributed by atoms with van der Waals surface area (Å²) in [6.45, 7) is 4.06. The van der Waals surface area contributed by atoms with Crippen LogP contribution in [0.3, 0.4) is 0 Å². The number of esters is 1. The van der Waals surface area contributed by atoms with E-state index in [4.69, 9.17) is 9.47 Å². The molecule has 6 atom stereocenters. The number of rotatable bonds is 3. The fraction of sp³-hybridized carbons (Fsp3) is 0.636. The summed E-state index contributed by atoms with van der Waals surface area (Å²) < 4.78 is 10.8. The van der Waals surface area contributed by atoms with Gasteiger partial charge in [-0.05, 0) is 49.3 Å². The van der Waals surface area contributed by atoms with Crippen molar-refractivity contribution in [2.75, 3.05) is 32.6 Å². The Morgan fingerprint density at radius 3 is 2.89 bits per heavy atom. The molecular formula is C22H28N2O4. The van der Waals surface area contributed by atoms with Gasteiger partial charge >= 0.3 is 5.97 Å². The summed E-state index contributed by atoms with van der Waals surface area (Å²) in [7, 11) is 3.06. The van der Waals surface area contributed by atoms with Gasteiger partial charge < -0.3 is 14.8 Å². The Labute approximate surface area is 165 Å². The Morgan fingerprint density at radius 1 is 1.36 bits per heavy atom. The summed E-state index contributed by atoms with van der Waals surface area (Å²) in [6, 6.07) is 5.61. The summed E-state index contributed by atoms with van der Waals surface area (Å²) in [6.07, 6.45) is 3.50. The molecule has 1 aromatic carbocycles. The van der Waals surface area contributed by atoms with Gasteiger partial charge in [0.25, 0.3) is 0 Å². The maximum Gasteiger partial charge on any atom is 0.316 e. The molecule has 5 aliphatic rings. The minimum Gasteiger partial charge on any atom is -0.497 e. The van der Waals surface area contributed by atoms with Gasteiger partial charge in [0, 0.05) is 30.4 Å². The van der Waals surface area contributed by atoms with Crippen LogP contribution in [0, 0.1) is 17.3 Å². The molecule has 6 heteroatoms. The summed E-state index contributed by atoms with van der Waals surface area (Å²) in [5.41, 5.74) is -0.337. The zero-order chi connectivity index (χ0) is 19.7. The van der Waals surface area contributed by atoms with E-state index in [9.17, 15) is 9.59 Å². The number of carbonyl (C=O) groups is 2. The van der Waals surface area contributed by atoms with Crippen molar-refractivity contribution in [2.45, 2.75) is 44.2 Å². The van der Waals surface area contributed by atoms with Crippen LogP contribution in [0.5, 0.6) is 5.75 Å². The molecule has 1 aromatic rings. The largest absolute Gasteiger partial charge is 0.497 e. The number of benzene rings is 1. The first-order valence-electron chi connectivity index (χ1n) is 10.3. The van der Waals surface area contributed by atoms with Crippen LogP contribution in [0.1, 0.15) is 43.0 Å². The predicted octanol–water partition coefficient (Wildman–Crippen LogP) is 2.73. The van der Waals surface area contributed by atoms with E-state index in [0.717, 1.165) is 38.0 Å². The number of nitrogens with zero attached hydrogens (tertiary/aromatic N) is 1. The Bertz CT molecular complexity index is 847. The predicted molar refractivity (Wildman–Crippen MR) is 105 cm³/mol. The van der Waals surface area contributed by atoms with Crippen LogP contribution in [0.25, 0.3) is 0 Å². The van der Waals surface area contributed by atoms with Crippen molar-refractivity contribution in [1.29, 1.82) is 0 Å². The van der Waals surface area contributed by atoms with Crippen LogP contribution in [-0.2, 0) is 9.53 Å². The molecule has 1 saturated carbocycles. The van der Waals surface area contributed by atoms with Crippen molar-refractivity contribution in [1.82, 2.24) is 4.90 Å². The van der Waals surface area contributed by atoms with Crippen molar-refractivity contribution in [2.24, 2.45) is 17.3 Å². The topological polar surface area (TPSA) is 67.9 Å². The number of anilines is 1.